The fourth-order valence-corrected chi connectivity index (χ4v) is 3.06. The highest BCUT2D eigenvalue weighted by molar-refractivity contribution is 8.18. The Labute approximate surface area is 159 Å². The maximum absolute atomic E-state index is 12.3. The number of thioether (sulfide) groups is 1. The number of methoxy groups -OCH3 is 1. The van der Waals surface area contributed by atoms with E-state index in [9.17, 15) is 19.2 Å². The fourth-order valence-electron chi connectivity index (χ4n) is 2.13. The highest BCUT2D eigenvalue weighted by Crippen LogP contribution is 2.32. The lowest BCUT2D eigenvalue weighted by molar-refractivity contribution is -0.135. The van der Waals surface area contributed by atoms with Crippen molar-refractivity contribution in [2.24, 2.45) is 4.99 Å². The predicted octanol–water partition coefficient (Wildman–Crippen LogP) is 0.898. The van der Waals surface area contributed by atoms with E-state index in [1.165, 1.54) is 36.9 Å². The van der Waals surface area contributed by atoms with Gasteiger partial charge in [0, 0.05) is 13.1 Å². The van der Waals surface area contributed by atoms with Crippen molar-refractivity contribution in [3.05, 3.63) is 23.0 Å². The predicted molar refractivity (Wildman–Crippen MR) is 96.4 cm³/mol. The minimum Gasteiger partial charge on any atom is -0.466 e. The molecule has 1 aromatic rings. The first-order valence-corrected chi connectivity index (χ1v) is 8.66. The van der Waals surface area contributed by atoms with Crippen LogP contribution >= 0.6 is 11.8 Å². The van der Waals surface area contributed by atoms with Gasteiger partial charge in [0.15, 0.2) is 16.7 Å². The SMILES string of the molecule is CCOC(=O)c1c(N=C2SC(=CC(=O)OC)C(=O)N2C)ncn1CC(C)=O. The number of rotatable bonds is 6. The van der Waals surface area contributed by atoms with Gasteiger partial charge in [0.1, 0.15) is 5.78 Å². The van der Waals surface area contributed by atoms with Gasteiger partial charge >= 0.3 is 11.9 Å². The molecule has 1 aliphatic heterocycles. The van der Waals surface area contributed by atoms with Gasteiger partial charge in [-0.05, 0) is 25.6 Å². The Balaban J connectivity index is 2.43. The summed E-state index contributed by atoms with van der Waals surface area (Å²) in [6, 6.07) is 0. The average molecular weight is 394 g/mol. The molecule has 0 unspecified atom stereocenters. The lowest BCUT2D eigenvalue weighted by Crippen LogP contribution is -2.24. The van der Waals surface area contributed by atoms with Crippen molar-refractivity contribution in [1.82, 2.24) is 14.5 Å². The number of imidazole rings is 1. The lowest BCUT2D eigenvalue weighted by atomic mass is 10.4. The van der Waals surface area contributed by atoms with Gasteiger partial charge in [0.2, 0.25) is 0 Å². The third kappa shape index (κ3) is 4.61. The maximum Gasteiger partial charge on any atom is 0.358 e. The number of aliphatic imine (C=N–C) groups is 1. The standard InChI is InChI=1S/C16H18N4O6S/c1-5-26-15(24)12-13(17-8-20(12)7-9(2)21)18-16-19(3)14(23)10(27-16)6-11(22)25-4/h6,8H,5,7H2,1-4H3. The summed E-state index contributed by atoms with van der Waals surface area (Å²) >= 11 is 0.941. The molecule has 1 aromatic heterocycles. The zero-order chi connectivity index (χ0) is 20.1. The van der Waals surface area contributed by atoms with Gasteiger partial charge in [-0.1, -0.05) is 0 Å². The summed E-state index contributed by atoms with van der Waals surface area (Å²) in [5, 5.41) is 0.216. The van der Waals surface area contributed by atoms with Crippen LogP contribution in [0.3, 0.4) is 0 Å². The van der Waals surface area contributed by atoms with E-state index in [0.717, 1.165) is 17.8 Å². The molecule has 10 nitrogen and oxygen atoms in total. The molecule has 0 aliphatic carbocycles. The number of hydrogen-bond acceptors (Lipinski definition) is 9. The molecule has 2 rings (SSSR count). The summed E-state index contributed by atoms with van der Waals surface area (Å²) in [4.78, 5) is 56.9. The van der Waals surface area contributed by atoms with E-state index in [1.54, 1.807) is 6.92 Å². The number of carbonyl (C=O) groups excluding carboxylic acids is 4. The summed E-state index contributed by atoms with van der Waals surface area (Å²) in [5.41, 5.74) is 0.00592. The Morgan fingerprint density at radius 1 is 1.37 bits per heavy atom. The highest BCUT2D eigenvalue weighted by atomic mass is 32.2. The van der Waals surface area contributed by atoms with Gasteiger partial charge in [-0.2, -0.15) is 0 Å². The third-order valence-electron chi connectivity index (χ3n) is 3.34. The summed E-state index contributed by atoms with van der Waals surface area (Å²) in [5.74, 6) is -1.96. The molecule has 0 spiro atoms. The Hall–Kier alpha value is -2.95. The number of ketones is 1. The molecule has 11 heteroatoms. The summed E-state index contributed by atoms with van der Waals surface area (Å²) in [7, 11) is 2.68. The van der Waals surface area contributed by atoms with E-state index in [2.05, 4.69) is 14.7 Å². The van der Waals surface area contributed by atoms with Crippen LogP contribution in [0, 0.1) is 0 Å². The Kier molecular flexibility index (Phi) is 6.50. The number of amidine groups is 1. The number of esters is 2. The van der Waals surface area contributed by atoms with Gasteiger partial charge < -0.3 is 14.0 Å². The summed E-state index contributed by atoms with van der Waals surface area (Å²) in [6.45, 7) is 3.10. The van der Waals surface area contributed by atoms with Gasteiger partial charge in [-0.15, -0.1) is 0 Å². The van der Waals surface area contributed by atoms with Crippen LogP contribution in [0.1, 0.15) is 24.3 Å². The van der Waals surface area contributed by atoms with Gasteiger partial charge in [-0.25, -0.2) is 19.6 Å². The number of ether oxygens (including phenoxy) is 2. The van der Waals surface area contributed by atoms with E-state index in [1.807, 2.05) is 0 Å². The number of likely N-dealkylation sites (N-methyl/N-ethyl adjacent to an activating group) is 1. The van der Waals surface area contributed by atoms with Crippen LogP contribution in [0.2, 0.25) is 0 Å². The highest BCUT2D eigenvalue weighted by Gasteiger charge is 2.32. The van der Waals surface area contributed by atoms with E-state index in [0.29, 0.717) is 0 Å². The molecular formula is C16H18N4O6S. The second kappa shape index (κ2) is 8.62. The molecule has 27 heavy (non-hydrogen) atoms. The molecule has 144 valence electrons. The largest absolute Gasteiger partial charge is 0.466 e. The van der Waals surface area contributed by atoms with Crippen molar-refractivity contribution >= 4 is 46.4 Å². The first-order valence-electron chi connectivity index (χ1n) is 7.84. The van der Waals surface area contributed by atoms with Gasteiger partial charge in [0.05, 0.1) is 31.5 Å². The molecule has 1 saturated heterocycles. The number of aromatic nitrogens is 2. The van der Waals surface area contributed by atoms with Crippen LogP contribution in [0.15, 0.2) is 22.3 Å². The zero-order valence-corrected chi connectivity index (χ0v) is 16.0. The van der Waals surface area contributed by atoms with Crippen LogP contribution in [-0.2, 0) is 30.4 Å². The van der Waals surface area contributed by atoms with E-state index < -0.39 is 17.8 Å². The molecule has 0 aromatic carbocycles. The van der Waals surface area contributed by atoms with Crippen molar-refractivity contribution in [3.63, 3.8) is 0 Å². The molecule has 0 atom stereocenters. The van der Waals surface area contributed by atoms with Crippen molar-refractivity contribution < 1.29 is 28.7 Å². The Bertz CT molecular complexity index is 857. The maximum atomic E-state index is 12.3. The van der Waals surface area contributed by atoms with Crippen LogP contribution < -0.4 is 0 Å². The van der Waals surface area contributed by atoms with Crippen LogP contribution in [0.5, 0.6) is 0 Å². The van der Waals surface area contributed by atoms with Crippen molar-refractivity contribution in [2.75, 3.05) is 20.8 Å². The van der Waals surface area contributed by atoms with Gasteiger partial charge in [0.25, 0.3) is 5.91 Å². The van der Waals surface area contributed by atoms with E-state index in [4.69, 9.17) is 4.74 Å². The number of nitrogens with zero attached hydrogens (tertiary/aromatic N) is 4. The van der Waals surface area contributed by atoms with Crippen molar-refractivity contribution in [3.8, 4) is 0 Å². The number of Topliss-reactive ketones (excluding diaryl/α,β-unsaturated/α-hetero) is 1. The lowest BCUT2D eigenvalue weighted by Gasteiger charge is -2.08. The molecule has 0 N–H and O–H groups in total. The monoisotopic (exact) mass is 394 g/mol. The van der Waals surface area contributed by atoms with Crippen LogP contribution in [0.25, 0.3) is 0 Å². The molecule has 0 bridgehead atoms. The molecule has 1 aliphatic rings. The first-order chi connectivity index (χ1) is 12.8. The molecule has 0 saturated carbocycles. The molecule has 1 amide bonds. The van der Waals surface area contributed by atoms with Crippen molar-refractivity contribution in [2.45, 2.75) is 20.4 Å². The average Bonchev–Trinajstić information content (AvgIpc) is 3.11. The topological polar surface area (TPSA) is 120 Å². The first kappa shape index (κ1) is 20.4. The normalized spacial score (nSPS) is 16.9. The van der Waals surface area contributed by atoms with Crippen molar-refractivity contribution in [1.29, 1.82) is 0 Å². The number of carbonyl (C=O) groups is 4. The van der Waals surface area contributed by atoms with E-state index in [-0.39, 0.29) is 40.5 Å². The smallest absolute Gasteiger partial charge is 0.358 e. The quantitative estimate of drug-likeness (QED) is 0.515. The minimum absolute atomic E-state index is 0.00592. The Morgan fingerprint density at radius 3 is 2.67 bits per heavy atom. The Morgan fingerprint density at radius 2 is 2.07 bits per heavy atom. The van der Waals surface area contributed by atoms with E-state index >= 15 is 0 Å². The van der Waals surface area contributed by atoms with Crippen LogP contribution in [-0.4, -0.2) is 64.0 Å². The van der Waals surface area contributed by atoms with Gasteiger partial charge in [-0.3, -0.25) is 14.5 Å². The summed E-state index contributed by atoms with van der Waals surface area (Å²) < 4.78 is 10.9. The second-order valence-corrected chi connectivity index (χ2v) is 6.37. The number of amides is 1. The van der Waals surface area contributed by atoms with Crippen LogP contribution in [0.4, 0.5) is 5.82 Å². The molecular weight excluding hydrogens is 376 g/mol. The zero-order valence-electron chi connectivity index (χ0n) is 15.2. The summed E-state index contributed by atoms with van der Waals surface area (Å²) in [6.07, 6.45) is 2.37. The second-order valence-electron chi connectivity index (χ2n) is 5.36. The molecule has 0 radical (unpaired) electrons. The fraction of sp³-hybridized carbons (Fsp3) is 0.375. The molecule has 1 fully saturated rings. The molecule has 2 heterocycles. The minimum atomic E-state index is -0.682. The number of hydrogen-bond donors (Lipinski definition) is 0. The third-order valence-corrected chi connectivity index (χ3v) is 4.40.